The Hall–Kier alpha value is -1.18. The lowest BCUT2D eigenvalue weighted by molar-refractivity contribution is -0.150. The van der Waals surface area contributed by atoms with Crippen molar-refractivity contribution in [1.82, 2.24) is 10.2 Å². The van der Waals surface area contributed by atoms with Crippen molar-refractivity contribution in [2.24, 2.45) is 11.8 Å². The number of esters is 2. The number of ether oxygens (including phenoxy) is 2. The Labute approximate surface area is 322 Å². The van der Waals surface area contributed by atoms with Crippen LogP contribution in [0.4, 0.5) is 0 Å². The number of aliphatic hydroxyl groups excluding tert-OH is 1. The molecular formula is C45H88N2O5. The number of carbonyl (C=O) groups is 2. The zero-order valence-electron chi connectivity index (χ0n) is 35.1. The highest BCUT2D eigenvalue weighted by molar-refractivity contribution is 5.72. The van der Waals surface area contributed by atoms with Crippen molar-refractivity contribution in [1.29, 1.82) is 0 Å². The Morgan fingerprint density at radius 3 is 1.29 bits per heavy atom. The number of rotatable bonds is 37. The second-order valence-corrected chi connectivity index (χ2v) is 16.2. The highest BCUT2D eigenvalue weighted by atomic mass is 16.5. The van der Waals surface area contributed by atoms with E-state index in [-0.39, 0.29) is 30.4 Å². The van der Waals surface area contributed by atoms with E-state index in [0.717, 1.165) is 129 Å². The monoisotopic (exact) mass is 737 g/mol. The quantitative estimate of drug-likeness (QED) is 0.0485. The smallest absolute Gasteiger partial charge is 0.308 e. The predicted octanol–water partition coefficient (Wildman–Crippen LogP) is 11.3. The minimum atomic E-state index is 0.0399. The van der Waals surface area contributed by atoms with Crippen LogP contribution in [0.15, 0.2) is 0 Å². The van der Waals surface area contributed by atoms with Gasteiger partial charge in [0.15, 0.2) is 0 Å². The second-order valence-electron chi connectivity index (χ2n) is 16.2. The molecule has 0 aromatic rings. The molecule has 0 spiro atoms. The van der Waals surface area contributed by atoms with Gasteiger partial charge in [0.05, 0.1) is 25.0 Å². The lowest BCUT2D eigenvalue weighted by Crippen LogP contribution is -2.56. The summed E-state index contributed by atoms with van der Waals surface area (Å²) < 4.78 is 11.7. The van der Waals surface area contributed by atoms with Crippen LogP contribution < -0.4 is 5.32 Å². The van der Waals surface area contributed by atoms with E-state index in [1.54, 1.807) is 0 Å². The number of hydrogen-bond acceptors (Lipinski definition) is 7. The van der Waals surface area contributed by atoms with E-state index in [1.807, 2.05) is 0 Å². The van der Waals surface area contributed by atoms with E-state index < -0.39 is 0 Å². The van der Waals surface area contributed by atoms with Crippen molar-refractivity contribution in [3.05, 3.63) is 0 Å². The van der Waals surface area contributed by atoms with Gasteiger partial charge in [0.1, 0.15) is 0 Å². The first kappa shape index (κ1) is 48.8. The maximum Gasteiger partial charge on any atom is 0.308 e. The Bertz CT molecular complexity index is 729. The van der Waals surface area contributed by atoms with Gasteiger partial charge in [-0.3, -0.25) is 9.59 Å². The largest absolute Gasteiger partial charge is 0.465 e. The molecule has 1 heterocycles. The number of nitrogens with one attached hydrogen (secondary N) is 1. The molecule has 7 nitrogen and oxygen atoms in total. The zero-order valence-corrected chi connectivity index (χ0v) is 35.1. The second kappa shape index (κ2) is 35.5. The van der Waals surface area contributed by atoms with Crippen LogP contribution in [0.5, 0.6) is 0 Å². The lowest BCUT2D eigenvalue weighted by Gasteiger charge is -2.39. The molecule has 0 aliphatic carbocycles. The van der Waals surface area contributed by atoms with Crippen LogP contribution >= 0.6 is 0 Å². The number of carbonyl (C=O) groups excluding carboxylic acids is 2. The van der Waals surface area contributed by atoms with E-state index in [9.17, 15) is 14.7 Å². The third-order valence-corrected chi connectivity index (χ3v) is 11.2. The first-order chi connectivity index (χ1) is 25.5. The molecule has 0 amide bonds. The van der Waals surface area contributed by atoms with Gasteiger partial charge < -0.3 is 24.8 Å². The van der Waals surface area contributed by atoms with E-state index in [1.165, 1.54) is 77.0 Å². The molecule has 0 bridgehead atoms. The van der Waals surface area contributed by atoms with Crippen LogP contribution in [0.25, 0.3) is 0 Å². The van der Waals surface area contributed by atoms with Gasteiger partial charge in [-0.25, -0.2) is 0 Å². The summed E-state index contributed by atoms with van der Waals surface area (Å²) in [5.74, 6) is 0.228. The molecule has 2 unspecified atom stereocenters. The minimum absolute atomic E-state index is 0.0399. The summed E-state index contributed by atoms with van der Waals surface area (Å²) in [6.45, 7) is 13.5. The highest BCUT2D eigenvalue weighted by Gasteiger charge is 2.26. The van der Waals surface area contributed by atoms with Gasteiger partial charge >= 0.3 is 11.9 Å². The molecule has 7 heteroatoms. The number of aliphatic hydroxyl groups is 1. The molecule has 1 aliphatic rings. The molecule has 1 saturated heterocycles. The van der Waals surface area contributed by atoms with Crippen molar-refractivity contribution in [2.45, 2.75) is 226 Å². The van der Waals surface area contributed by atoms with Crippen molar-refractivity contribution < 1.29 is 24.2 Å². The summed E-state index contributed by atoms with van der Waals surface area (Å²) in [5, 5.41) is 13.2. The fraction of sp³-hybridized carbons (Fsp3) is 0.956. The molecule has 0 aromatic heterocycles. The summed E-state index contributed by atoms with van der Waals surface area (Å²) >= 11 is 0. The SMILES string of the molecule is CCCCCCC(CCCCCC)C(=O)OCCCCC1CN(CCCCCO)CC(CCCCOC(=O)C(CCCCCC)CCCCCC)N1. The standard InChI is InChI=1S/C45H88N2O5/c1-5-9-13-18-28-40(29-19-14-10-6-2)44(49)51-36-26-22-32-42-38-47(34-24-17-25-35-48)39-43(46-42)33-23-27-37-52-45(50)41(30-20-15-11-7-3)31-21-16-12-8-4/h40-43,46,48H,5-39H2,1-4H3. The van der Waals surface area contributed by atoms with E-state index in [4.69, 9.17) is 9.47 Å². The lowest BCUT2D eigenvalue weighted by atomic mass is 9.94. The number of unbranched alkanes of at least 4 members (excludes halogenated alkanes) is 16. The van der Waals surface area contributed by atoms with Crippen LogP contribution in [-0.2, 0) is 19.1 Å². The molecule has 308 valence electrons. The summed E-state index contributed by atoms with van der Waals surface area (Å²) in [5.41, 5.74) is 0. The molecule has 1 fully saturated rings. The van der Waals surface area contributed by atoms with Gasteiger partial charge in [-0.2, -0.15) is 0 Å². The molecule has 52 heavy (non-hydrogen) atoms. The van der Waals surface area contributed by atoms with Crippen LogP contribution in [0.1, 0.15) is 214 Å². The summed E-state index contributed by atoms with van der Waals surface area (Å²) in [4.78, 5) is 28.7. The highest BCUT2D eigenvalue weighted by Crippen LogP contribution is 2.22. The third kappa shape index (κ3) is 26.6. The fourth-order valence-corrected chi connectivity index (χ4v) is 7.89. The Morgan fingerprint density at radius 1 is 0.538 bits per heavy atom. The average Bonchev–Trinajstić information content (AvgIpc) is 3.14. The molecule has 0 radical (unpaired) electrons. The van der Waals surface area contributed by atoms with Gasteiger partial charge in [0.25, 0.3) is 0 Å². The van der Waals surface area contributed by atoms with E-state index in [2.05, 4.69) is 37.9 Å². The summed E-state index contributed by atoms with van der Waals surface area (Å²) in [6, 6.07) is 0.882. The van der Waals surface area contributed by atoms with Gasteiger partial charge in [-0.15, -0.1) is 0 Å². The van der Waals surface area contributed by atoms with Crippen molar-refractivity contribution in [3.63, 3.8) is 0 Å². The van der Waals surface area contributed by atoms with Gasteiger partial charge in [0, 0.05) is 31.8 Å². The molecule has 2 N–H and O–H groups in total. The van der Waals surface area contributed by atoms with Crippen LogP contribution in [0, 0.1) is 11.8 Å². The van der Waals surface area contributed by atoms with Gasteiger partial charge in [-0.05, 0) is 90.0 Å². The molecule has 0 saturated carbocycles. The summed E-state index contributed by atoms with van der Waals surface area (Å²) in [6.07, 6.45) is 32.5. The number of hydrogen-bond donors (Lipinski definition) is 2. The van der Waals surface area contributed by atoms with Crippen molar-refractivity contribution >= 4 is 11.9 Å². The summed E-state index contributed by atoms with van der Waals surface area (Å²) in [7, 11) is 0. The fourth-order valence-electron chi connectivity index (χ4n) is 7.89. The number of nitrogens with zero attached hydrogens (tertiary/aromatic N) is 1. The first-order valence-corrected chi connectivity index (χ1v) is 22.9. The Kier molecular flexibility index (Phi) is 33.4. The van der Waals surface area contributed by atoms with Crippen molar-refractivity contribution in [3.8, 4) is 0 Å². The van der Waals surface area contributed by atoms with E-state index >= 15 is 0 Å². The maximum atomic E-state index is 13.0. The molecule has 1 aliphatic heterocycles. The van der Waals surface area contributed by atoms with Gasteiger partial charge in [-0.1, -0.05) is 130 Å². The van der Waals surface area contributed by atoms with Crippen LogP contribution in [0.2, 0.25) is 0 Å². The molecule has 0 aromatic carbocycles. The zero-order chi connectivity index (χ0) is 37.9. The molecule has 1 rings (SSSR count). The Morgan fingerprint density at radius 2 is 0.923 bits per heavy atom. The molecule has 2 atom stereocenters. The van der Waals surface area contributed by atoms with Crippen molar-refractivity contribution in [2.75, 3.05) is 39.5 Å². The minimum Gasteiger partial charge on any atom is -0.465 e. The number of piperazine rings is 1. The first-order valence-electron chi connectivity index (χ1n) is 22.9. The normalized spacial score (nSPS) is 16.6. The Balaban J connectivity index is 2.51. The maximum absolute atomic E-state index is 13.0. The van der Waals surface area contributed by atoms with Crippen LogP contribution in [0.3, 0.4) is 0 Å². The van der Waals surface area contributed by atoms with Gasteiger partial charge in [0.2, 0.25) is 0 Å². The van der Waals surface area contributed by atoms with Crippen LogP contribution in [-0.4, -0.2) is 73.5 Å². The third-order valence-electron chi connectivity index (χ3n) is 11.2. The molecular weight excluding hydrogens is 649 g/mol. The average molecular weight is 737 g/mol. The van der Waals surface area contributed by atoms with E-state index in [0.29, 0.717) is 25.3 Å². The topological polar surface area (TPSA) is 88.1 Å². The predicted molar refractivity (Wildman–Crippen MR) is 220 cm³/mol.